The van der Waals surface area contributed by atoms with Crippen molar-refractivity contribution in [3.63, 3.8) is 0 Å². The topological polar surface area (TPSA) is 58.5 Å². The molecule has 0 radical (unpaired) electrons. The van der Waals surface area contributed by atoms with Crippen LogP contribution in [0.25, 0.3) is 0 Å². The van der Waals surface area contributed by atoms with E-state index in [9.17, 15) is 8.78 Å². The fourth-order valence-electron chi connectivity index (χ4n) is 1.92. The molecule has 0 atom stereocenters. The second-order valence-corrected chi connectivity index (χ2v) is 4.63. The molecule has 0 spiro atoms. The van der Waals surface area contributed by atoms with Crippen molar-refractivity contribution in [2.45, 2.75) is 19.7 Å². The molecule has 0 aliphatic heterocycles. The van der Waals surface area contributed by atoms with Gasteiger partial charge in [0.25, 0.3) is 0 Å². The summed E-state index contributed by atoms with van der Waals surface area (Å²) in [6, 6.07) is 12.2. The van der Waals surface area contributed by atoms with Gasteiger partial charge in [0, 0.05) is 19.8 Å². The maximum Gasteiger partial charge on any atom is 0.387 e. The fourth-order valence-corrected chi connectivity index (χ4v) is 1.92. The van der Waals surface area contributed by atoms with E-state index in [0.717, 1.165) is 11.3 Å². The predicted molar refractivity (Wildman–Crippen MR) is 84.3 cm³/mol. The van der Waals surface area contributed by atoms with E-state index in [2.05, 4.69) is 25.3 Å². The zero-order valence-corrected chi connectivity index (χ0v) is 12.7. The highest BCUT2D eigenvalue weighted by Gasteiger charge is 2.05. The van der Waals surface area contributed by atoms with Crippen LogP contribution in [0.4, 0.5) is 8.78 Å². The van der Waals surface area contributed by atoms with E-state index >= 15 is 0 Å². The number of nitrogens with zero attached hydrogens (tertiary/aromatic N) is 2. The Bertz CT molecular complexity index is 635. The van der Waals surface area contributed by atoms with Crippen molar-refractivity contribution in [3.05, 3.63) is 59.9 Å². The molecule has 0 aliphatic rings. The maximum atomic E-state index is 12.2. The number of aliphatic imine (C=N–C) groups is 1. The van der Waals surface area contributed by atoms with Crippen molar-refractivity contribution in [3.8, 4) is 5.75 Å². The Labute approximate surface area is 133 Å². The lowest BCUT2D eigenvalue weighted by molar-refractivity contribution is -0.0498. The lowest BCUT2D eigenvalue weighted by Crippen LogP contribution is -2.36. The molecule has 0 amide bonds. The van der Waals surface area contributed by atoms with Gasteiger partial charge in [0.05, 0.1) is 12.2 Å². The van der Waals surface area contributed by atoms with E-state index in [1.54, 1.807) is 25.4 Å². The van der Waals surface area contributed by atoms with Crippen LogP contribution in [0.2, 0.25) is 0 Å². The highest BCUT2D eigenvalue weighted by molar-refractivity contribution is 5.79. The molecule has 1 heterocycles. The van der Waals surface area contributed by atoms with Gasteiger partial charge in [0.15, 0.2) is 5.96 Å². The number of halogens is 2. The minimum atomic E-state index is -2.83. The lowest BCUT2D eigenvalue weighted by Gasteiger charge is -2.12. The van der Waals surface area contributed by atoms with Gasteiger partial charge in [-0.1, -0.05) is 18.2 Å². The molecule has 23 heavy (non-hydrogen) atoms. The number of hydrogen-bond donors (Lipinski definition) is 2. The van der Waals surface area contributed by atoms with Crippen molar-refractivity contribution in [2.75, 3.05) is 7.05 Å². The molecule has 0 bridgehead atoms. The Morgan fingerprint density at radius 2 is 2.00 bits per heavy atom. The standard InChI is InChI=1S/C16H18F2N4O/c1-19-16(22-11-13-6-2-3-8-20-13)21-10-12-5-4-7-14(9-12)23-15(17)18/h2-9,15H,10-11H2,1H3,(H2,19,21,22). The third-order valence-electron chi connectivity index (χ3n) is 2.97. The first-order chi connectivity index (χ1) is 11.2. The molecular weight excluding hydrogens is 302 g/mol. The number of guanidine groups is 1. The normalized spacial score (nSPS) is 11.4. The number of ether oxygens (including phenoxy) is 1. The molecular formula is C16H18F2N4O. The van der Waals surface area contributed by atoms with E-state index in [1.807, 2.05) is 24.3 Å². The average Bonchev–Trinajstić information content (AvgIpc) is 2.56. The number of nitrogens with one attached hydrogen (secondary N) is 2. The molecule has 0 saturated carbocycles. The summed E-state index contributed by atoms with van der Waals surface area (Å²) in [4.78, 5) is 8.31. The molecule has 2 N–H and O–H groups in total. The van der Waals surface area contributed by atoms with Gasteiger partial charge in [-0.2, -0.15) is 8.78 Å². The van der Waals surface area contributed by atoms with Gasteiger partial charge < -0.3 is 15.4 Å². The Morgan fingerprint density at radius 1 is 1.17 bits per heavy atom. The van der Waals surface area contributed by atoms with Gasteiger partial charge in [-0.3, -0.25) is 9.98 Å². The van der Waals surface area contributed by atoms with Crippen molar-refractivity contribution >= 4 is 5.96 Å². The zero-order valence-electron chi connectivity index (χ0n) is 12.7. The van der Waals surface area contributed by atoms with Gasteiger partial charge in [0.1, 0.15) is 5.75 Å². The Hall–Kier alpha value is -2.70. The summed E-state index contributed by atoms with van der Waals surface area (Å²) in [6.45, 7) is -1.86. The molecule has 7 heteroatoms. The summed E-state index contributed by atoms with van der Waals surface area (Å²) in [5.74, 6) is 0.728. The zero-order chi connectivity index (χ0) is 16.5. The third-order valence-corrected chi connectivity index (χ3v) is 2.97. The first-order valence-corrected chi connectivity index (χ1v) is 7.05. The summed E-state index contributed by atoms with van der Waals surface area (Å²) in [5.41, 5.74) is 1.70. The minimum Gasteiger partial charge on any atom is -0.435 e. The number of aromatic nitrogens is 1. The summed E-state index contributed by atoms with van der Waals surface area (Å²) in [5, 5.41) is 6.23. The monoisotopic (exact) mass is 320 g/mol. The van der Waals surface area contributed by atoms with Gasteiger partial charge in [-0.25, -0.2) is 0 Å². The molecule has 0 fully saturated rings. The van der Waals surface area contributed by atoms with Crippen LogP contribution in [-0.2, 0) is 13.1 Å². The molecule has 1 aromatic carbocycles. The van der Waals surface area contributed by atoms with Gasteiger partial charge >= 0.3 is 6.61 Å². The quantitative estimate of drug-likeness (QED) is 0.634. The molecule has 2 aromatic rings. The number of pyridine rings is 1. The molecule has 0 unspecified atom stereocenters. The second-order valence-electron chi connectivity index (χ2n) is 4.63. The van der Waals surface area contributed by atoms with Crippen molar-refractivity contribution in [1.29, 1.82) is 0 Å². The first kappa shape index (κ1) is 16.7. The summed E-state index contributed by atoms with van der Waals surface area (Å²) in [6.07, 6.45) is 1.72. The van der Waals surface area contributed by atoms with Crippen molar-refractivity contribution in [2.24, 2.45) is 4.99 Å². The van der Waals surface area contributed by atoms with E-state index in [-0.39, 0.29) is 5.75 Å². The van der Waals surface area contributed by atoms with Crippen molar-refractivity contribution < 1.29 is 13.5 Å². The summed E-state index contributed by atoms with van der Waals surface area (Å²) < 4.78 is 28.8. The van der Waals surface area contributed by atoms with E-state index in [0.29, 0.717) is 19.0 Å². The van der Waals surface area contributed by atoms with Crippen LogP contribution in [0, 0.1) is 0 Å². The molecule has 2 rings (SSSR count). The van der Waals surface area contributed by atoms with Gasteiger partial charge in [-0.05, 0) is 29.8 Å². The van der Waals surface area contributed by atoms with Gasteiger partial charge in [0.2, 0.25) is 0 Å². The van der Waals surface area contributed by atoms with E-state index in [1.165, 1.54) is 6.07 Å². The Balaban J connectivity index is 1.85. The van der Waals surface area contributed by atoms with Crippen LogP contribution < -0.4 is 15.4 Å². The molecule has 0 aliphatic carbocycles. The SMILES string of the molecule is CN=C(NCc1cccc(OC(F)F)c1)NCc1ccccn1. The van der Waals surface area contributed by atoms with Crippen LogP contribution in [0.5, 0.6) is 5.75 Å². The maximum absolute atomic E-state index is 12.2. The second kappa shape index (κ2) is 8.67. The number of benzene rings is 1. The third kappa shape index (κ3) is 5.90. The number of alkyl halides is 2. The minimum absolute atomic E-state index is 0.135. The first-order valence-electron chi connectivity index (χ1n) is 7.05. The summed E-state index contributed by atoms with van der Waals surface area (Å²) in [7, 11) is 1.66. The number of hydrogen-bond acceptors (Lipinski definition) is 3. The van der Waals surface area contributed by atoms with Gasteiger partial charge in [-0.15, -0.1) is 0 Å². The number of rotatable bonds is 6. The molecule has 0 saturated heterocycles. The lowest BCUT2D eigenvalue weighted by atomic mass is 10.2. The largest absolute Gasteiger partial charge is 0.435 e. The highest BCUT2D eigenvalue weighted by atomic mass is 19.3. The molecule has 1 aromatic heterocycles. The average molecular weight is 320 g/mol. The Kier molecular flexibility index (Phi) is 6.28. The van der Waals surface area contributed by atoms with Crippen LogP contribution in [0.1, 0.15) is 11.3 Å². The predicted octanol–water partition coefficient (Wildman–Crippen LogP) is 2.55. The van der Waals surface area contributed by atoms with Crippen LogP contribution >= 0.6 is 0 Å². The van der Waals surface area contributed by atoms with Crippen LogP contribution in [-0.4, -0.2) is 24.6 Å². The van der Waals surface area contributed by atoms with Crippen molar-refractivity contribution in [1.82, 2.24) is 15.6 Å². The van der Waals surface area contributed by atoms with E-state index < -0.39 is 6.61 Å². The van der Waals surface area contributed by atoms with E-state index in [4.69, 9.17) is 0 Å². The fraction of sp³-hybridized carbons (Fsp3) is 0.250. The molecule has 5 nitrogen and oxygen atoms in total. The van der Waals surface area contributed by atoms with Crippen LogP contribution in [0.15, 0.2) is 53.7 Å². The van der Waals surface area contributed by atoms with Crippen LogP contribution in [0.3, 0.4) is 0 Å². The molecule has 122 valence electrons. The highest BCUT2D eigenvalue weighted by Crippen LogP contribution is 2.15. The summed E-state index contributed by atoms with van der Waals surface area (Å²) >= 11 is 0. The Morgan fingerprint density at radius 3 is 2.70 bits per heavy atom. The smallest absolute Gasteiger partial charge is 0.387 e.